The van der Waals surface area contributed by atoms with Crippen LogP contribution in [0.4, 0.5) is 15.8 Å². The van der Waals surface area contributed by atoms with Crippen LogP contribution in [0.15, 0.2) is 48.5 Å². The molecule has 5 heteroatoms. The molecule has 1 heterocycles. The van der Waals surface area contributed by atoms with Gasteiger partial charge >= 0.3 is 0 Å². The van der Waals surface area contributed by atoms with E-state index in [0.717, 1.165) is 24.3 Å². The van der Waals surface area contributed by atoms with Crippen LogP contribution in [-0.4, -0.2) is 25.5 Å². The molecule has 27 heavy (non-hydrogen) atoms. The van der Waals surface area contributed by atoms with Crippen LogP contribution in [-0.2, 0) is 4.79 Å². The van der Waals surface area contributed by atoms with E-state index >= 15 is 0 Å². The molecule has 1 atom stereocenters. The van der Waals surface area contributed by atoms with E-state index in [1.54, 1.807) is 12.1 Å². The third-order valence-electron chi connectivity index (χ3n) is 5.15. The van der Waals surface area contributed by atoms with Crippen molar-refractivity contribution in [1.29, 1.82) is 0 Å². The molecule has 1 fully saturated rings. The highest BCUT2D eigenvalue weighted by molar-refractivity contribution is 5.91. The first-order valence-corrected chi connectivity index (χ1v) is 9.76. The number of nitrogens with two attached hydrogens (primary N) is 1. The summed E-state index contributed by atoms with van der Waals surface area (Å²) in [6, 6.07) is 14.7. The monoisotopic (exact) mass is 370 g/mol. The predicted octanol–water partition coefficient (Wildman–Crippen LogP) is 3.33. The molecule has 4 nitrogen and oxygen atoms in total. The lowest BCUT2D eigenvalue weighted by Crippen LogP contribution is -2.88. The average Bonchev–Trinajstić information content (AvgIpc) is 3.18. The highest BCUT2D eigenvalue weighted by Crippen LogP contribution is 2.22. The number of nitrogens with one attached hydrogen (secondary N) is 1. The van der Waals surface area contributed by atoms with Gasteiger partial charge in [-0.15, -0.1) is 0 Å². The van der Waals surface area contributed by atoms with Gasteiger partial charge in [-0.3, -0.25) is 4.79 Å². The van der Waals surface area contributed by atoms with Crippen LogP contribution in [0.2, 0.25) is 0 Å². The van der Waals surface area contributed by atoms with Gasteiger partial charge in [-0.2, -0.15) is 0 Å². The van der Waals surface area contributed by atoms with Gasteiger partial charge in [0.05, 0.1) is 0 Å². The second-order valence-electron chi connectivity index (χ2n) is 7.55. The van der Waals surface area contributed by atoms with Crippen molar-refractivity contribution >= 4 is 17.3 Å². The predicted molar refractivity (Wildman–Crippen MR) is 107 cm³/mol. The molecular formula is C22H29FN3O+. The van der Waals surface area contributed by atoms with Gasteiger partial charge in [0.2, 0.25) is 0 Å². The Balaban J connectivity index is 1.54. The molecule has 3 rings (SSSR count). The van der Waals surface area contributed by atoms with E-state index < -0.39 is 0 Å². The van der Waals surface area contributed by atoms with E-state index in [0.29, 0.717) is 12.5 Å². The van der Waals surface area contributed by atoms with E-state index in [2.05, 4.69) is 36.2 Å². The van der Waals surface area contributed by atoms with Crippen molar-refractivity contribution in [2.24, 2.45) is 5.92 Å². The zero-order chi connectivity index (χ0) is 19.2. The van der Waals surface area contributed by atoms with Crippen molar-refractivity contribution in [2.45, 2.75) is 32.7 Å². The molecular weight excluding hydrogens is 341 g/mol. The molecule has 0 saturated carbocycles. The maximum absolute atomic E-state index is 13.2. The van der Waals surface area contributed by atoms with E-state index in [1.807, 2.05) is 17.4 Å². The Morgan fingerprint density at radius 2 is 1.70 bits per heavy atom. The minimum absolute atomic E-state index is 0.0308. The molecule has 1 aliphatic rings. The van der Waals surface area contributed by atoms with Gasteiger partial charge in [-0.05, 0) is 49.2 Å². The van der Waals surface area contributed by atoms with Gasteiger partial charge in [0.1, 0.15) is 11.9 Å². The normalized spacial score (nSPS) is 15.2. The fourth-order valence-electron chi connectivity index (χ4n) is 3.66. The Kier molecular flexibility index (Phi) is 6.45. The molecule has 144 valence electrons. The third-order valence-corrected chi connectivity index (χ3v) is 5.15. The van der Waals surface area contributed by atoms with E-state index in [4.69, 9.17) is 0 Å². The van der Waals surface area contributed by atoms with Crippen molar-refractivity contribution in [3.05, 3.63) is 59.9 Å². The summed E-state index contributed by atoms with van der Waals surface area (Å²) in [5, 5.41) is 4.99. The molecule has 1 saturated heterocycles. The third kappa shape index (κ3) is 5.30. The number of halogens is 1. The molecule has 1 amide bonds. The number of nitrogens with zero attached hydrogens (tertiary/aromatic N) is 1. The highest BCUT2D eigenvalue weighted by Gasteiger charge is 2.20. The molecule has 3 N–H and O–H groups in total. The number of benzene rings is 2. The number of carbonyl (C=O) groups is 1. The van der Waals surface area contributed by atoms with Gasteiger partial charge in [0.15, 0.2) is 6.54 Å². The van der Waals surface area contributed by atoms with E-state index in [1.165, 1.54) is 30.7 Å². The number of rotatable bonds is 7. The highest BCUT2D eigenvalue weighted by atomic mass is 19.1. The second-order valence-corrected chi connectivity index (χ2v) is 7.55. The summed E-state index contributed by atoms with van der Waals surface area (Å²) in [4.78, 5) is 14.7. The molecule has 0 aliphatic carbocycles. The Morgan fingerprint density at radius 1 is 1.07 bits per heavy atom. The molecule has 1 aliphatic heterocycles. The van der Waals surface area contributed by atoms with Gasteiger partial charge in [-0.1, -0.05) is 26.0 Å². The maximum atomic E-state index is 13.2. The fraction of sp³-hybridized carbons (Fsp3) is 0.409. The first-order valence-electron chi connectivity index (χ1n) is 9.76. The van der Waals surface area contributed by atoms with Crippen molar-refractivity contribution in [3.63, 3.8) is 0 Å². The van der Waals surface area contributed by atoms with E-state index in [9.17, 15) is 9.18 Å². The van der Waals surface area contributed by atoms with Gasteiger partial charge in [0, 0.05) is 35.9 Å². The Bertz CT molecular complexity index is 737. The summed E-state index contributed by atoms with van der Waals surface area (Å²) in [6.45, 7) is 6.77. The first kappa shape index (κ1) is 19.4. The molecule has 2 aromatic rings. The lowest BCUT2D eigenvalue weighted by Gasteiger charge is -2.20. The van der Waals surface area contributed by atoms with Crippen LogP contribution < -0.4 is 15.5 Å². The average molecular weight is 370 g/mol. The van der Waals surface area contributed by atoms with Gasteiger partial charge < -0.3 is 15.5 Å². The number of hydrogen-bond acceptors (Lipinski definition) is 2. The number of carbonyl (C=O) groups excluding carboxylic acids is 1. The minimum atomic E-state index is -0.239. The molecule has 0 bridgehead atoms. The zero-order valence-electron chi connectivity index (χ0n) is 16.1. The maximum Gasteiger partial charge on any atom is 0.279 e. The standard InChI is InChI=1S/C22H28FN3O/c1-16(2)22(17-5-7-18(23)8-6-17)24-15-21(27)25-19-9-11-20(12-10-19)26-13-3-4-14-26/h5-12,16,22,24H,3-4,13-15H2,1-2H3,(H,25,27)/p+1/t22-/m0/s1. The number of hydrogen-bond donors (Lipinski definition) is 2. The van der Waals surface area contributed by atoms with E-state index in [-0.39, 0.29) is 17.8 Å². The summed E-state index contributed by atoms with van der Waals surface area (Å²) in [6.07, 6.45) is 2.50. The number of quaternary nitrogens is 1. The Labute approximate surface area is 160 Å². The smallest absolute Gasteiger partial charge is 0.279 e. The summed E-state index contributed by atoms with van der Waals surface area (Å²) in [7, 11) is 0. The van der Waals surface area contributed by atoms with Gasteiger partial charge in [0.25, 0.3) is 5.91 Å². The van der Waals surface area contributed by atoms with Crippen LogP contribution in [0.25, 0.3) is 0 Å². The van der Waals surface area contributed by atoms with Crippen LogP contribution in [0.5, 0.6) is 0 Å². The molecule has 0 radical (unpaired) electrons. The van der Waals surface area contributed by atoms with Crippen molar-refractivity contribution in [2.75, 3.05) is 29.9 Å². The summed E-state index contributed by atoms with van der Waals surface area (Å²) < 4.78 is 13.2. The number of amides is 1. The quantitative estimate of drug-likeness (QED) is 0.785. The van der Waals surface area contributed by atoms with Crippen LogP contribution in [0.3, 0.4) is 0 Å². The second kappa shape index (κ2) is 9.00. The zero-order valence-corrected chi connectivity index (χ0v) is 16.1. The van der Waals surface area contributed by atoms with Crippen molar-refractivity contribution in [1.82, 2.24) is 0 Å². The summed E-state index contributed by atoms with van der Waals surface area (Å²) in [5.74, 6) is 0.0658. The molecule has 2 aromatic carbocycles. The minimum Gasteiger partial charge on any atom is -0.372 e. The fourth-order valence-corrected chi connectivity index (χ4v) is 3.66. The van der Waals surface area contributed by atoms with Gasteiger partial charge in [-0.25, -0.2) is 4.39 Å². The Morgan fingerprint density at radius 3 is 2.30 bits per heavy atom. The topological polar surface area (TPSA) is 49.0 Å². The van der Waals surface area contributed by atoms with Crippen LogP contribution in [0, 0.1) is 11.7 Å². The van der Waals surface area contributed by atoms with Crippen molar-refractivity contribution < 1.29 is 14.5 Å². The first-order chi connectivity index (χ1) is 13.0. The lowest BCUT2D eigenvalue weighted by atomic mass is 9.96. The van der Waals surface area contributed by atoms with Crippen LogP contribution >= 0.6 is 0 Å². The lowest BCUT2D eigenvalue weighted by molar-refractivity contribution is -0.692. The summed E-state index contributed by atoms with van der Waals surface area (Å²) in [5.41, 5.74) is 3.07. The van der Waals surface area contributed by atoms with Crippen molar-refractivity contribution in [3.8, 4) is 0 Å². The molecule has 0 spiro atoms. The Hall–Kier alpha value is -2.40. The summed E-state index contributed by atoms with van der Waals surface area (Å²) >= 11 is 0. The molecule has 0 aromatic heterocycles. The SMILES string of the molecule is CC(C)[C@H]([NH2+]CC(=O)Nc1ccc(N2CCCC2)cc1)c1ccc(F)cc1. The molecule has 0 unspecified atom stereocenters. The van der Waals surface area contributed by atoms with Crippen LogP contribution in [0.1, 0.15) is 38.3 Å². The number of anilines is 2. The largest absolute Gasteiger partial charge is 0.372 e.